The maximum Gasteiger partial charge on any atom is 0.266 e. The number of amides is 1. The Hall–Kier alpha value is -1.24. The van der Waals surface area contributed by atoms with Gasteiger partial charge in [0.15, 0.2) is 0 Å². The smallest absolute Gasteiger partial charge is 0.266 e. The fraction of sp³-hybridized carbons (Fsp3) is 0. The van der Waals surface area contributed by atoms with Crippen LogP contribution >= 0.6 is 46.4 Å². The summed E-state index contributed by atoms with van der Waals surface area (Å²) in [5.41, 5.74) is 0.499. The quantitative estimate of drug-likeness (QED) is 0.748. The summed E-state index contributed by atoms with van der Waals surface area (Å²) in [5, 5.41) is 1.85. The van der Waals surface area contributed by atoms with Gasteiger partial charge in [-0.15, -0.1) is 0 Å². The van der Waals surface area contributed by atoms with E-state index in [9.17, 15) is 13.2 Å². The van der Waals surface area contributed by atoms with Gasteiger partial charge in [-0.1, -0.05) is 52.5 Å². The Balaban J connectivity index is 2.16. The first kappa shape index (κ1) is 19.1. The van der Waals surface area contributed by atoms with Gasteiger partial charge in [-0.2, -0.15) is 0 Å². The largest absolute Gasteiger partial charge is 0.268 e. The van der Waals surface area contributed by atoms with Crippen LogP contribution in [0, 0.1) is 0 Å². The van der Waals surface area contributed by atoms with Crippen LogP contribution in [-0.4, -0.2) is 14.3 Å². The molecule has 0 aromatic heterocycles. The zero-order valence-corrected chi connectivity index (χ0v) is 15.6. The van der Waals surface area contributed by atoms with E-state index in [1.165, 1.54) is 36.4 Å². The average molecular weight is 425 g/mol. The molecule has 2 aromatic rings. The monoisotopic (exact) mass is 423 g/mol. The van der Waals surface area contributed by atoms with E-state index in [2.05, 4.69) is 0 Å². The lowest BCUT2D eigenvalue weighted by molar-refractivity contribution is 0.0982. The van der Waals surface area contributed by atoms with Gasteiger partial charge in [0.1, 0.15) is 0 Å². The fourth-order valence-electron chi connectivity index (χ4n) is 1.68. The number of carbonyl (C=O) groups excluding carboxylic acids is 1. The van der Waals surface area contributed by atoms with Crippen LogP contribution in [0.3, 0.4) is 0 Å². The van der Waals surface area contributed by atoms with Crippen molar-refractivity contribution in [1.82, 2.24) is 4.72 Å². The molecule has 0 atom stereocenters. The first-order valence-electron chi connectivity index (χ1n) is 6.33. The zero-order valence-electron chi connectivity index (χ0n) is 11.8. The minimum absolute atomic E-state index is 0.00687. The molecule has 0 saturated carbocycles. The summed E-state index contributed by atoms with van der Waals surface area (Å²) in [6.45, 7) is 0. The molecule has 0 unspecified atom stereocenters. The second-order valence-corrected chi connectivity index (χ2v) is 7.80. The SMILES string of the molecule is O=C(NS(=O)(=O)/C=C/c1ccc(Cl)c(Cl)c1)c1ccc(Cl)cc1Cl. The fourth-order valence-corrected chi connectivity index (χ4v) is 3.25. The molecular formula is C15H9Cl4NO3S. The highest BCUT2D eigenvalue weighted by Gasteiger charge is 2.16. The molecule has 4 nitrogen and oxygen atoms in total. The first-order chi connectivity index (χ1) is 11.2. The molecule has 0 spiro atoms. The molecule has 1 N–H and O–H groups in total. The lowest BCUT2D eigenvalue weighted by atomic mass is 10.2. The van der Waals surface area contributed by atoms with Crippen molar-refractivity contribution < 1.29 is 13.2 Å². The number of sulfonamides is 1. The highest BCUT2D eigenvalue weighted by molar-refractivity contribution is 7.93. The minimum atomic E-state index is -4.02. The Labute approximate surface area is 159 Å². The normalized spacial score (nSPS) is 11.7. The molecule has 0 aliphatic carbocycles. The summed E-state index contributed by atoms with van der Waals surface area (Å²) >= 11 is 23.2. The third kappa shape index (κ3) is 5.13. The van der Waals surface area contributed by atoms with E-state index in [1.54, 1.807) is 6.07 Å². The van der Waals surface area contributed by atoms with Crippen LogP contribution in [-0.2, 0) is 10.0 Å². The van der Waals surface area contributed by atoms with Crippen molar-refractivity contribution in [3.63, 3.8) is 0 Å². The Kier molecular flexibility index (Phi) is 6.17. The highest BCUT2D eigenvalue weighted by Crippen LogP contribution is 2.23. The van der Waals surface area contributed by atoms with Crippen molar-refractivity contribution >= 4 is 68.4 Å². The van der Waals surface area contributed by atoms with Gasteiger partial charge in [0.25, 0.3) is 15.9 Å². The molecule has 0 aliphatic rings. The molecule has 0 aliphatic heterocycles. The van der Waals surface area contributed by atoms with Gasteiger partial charge in [-0.3, -0.25) is 4.79 Å². The van der Waals surface area contributed by atoms with Crippen LogP contribution in [0.4, 0.5) is 0 Å². The van der Waals surface area contributed by atoms with E-state index in [-0.39, 0.29) is 15.6 Å². The maximum absolute atomic E-state index is 12.0. The molecule has 126 valence electrons. The number of nitrogens with one attached hydrogen (secondary N) is 1. The maximum atomic E-state index is 12.0. The van der Waals surface area contributed by atoms with Gasteiger partial charge >= 0.3 is 0 Å². The second kappa shape index (κ2) is 7.76. The summed E-state index contributed by atoms with van der Waals surface area (Å²) in [4.78, 5) is 12.0. The summed E-state index contributed by atoms with van der Waals surface area (Å²) in [7, 11) is -4.02. The predicted molar refractivity (Wildman–Crippen MR) is 98.3 cm³/mol. The van der Waals surface area contributed by atoms with Crippen LogP contribution < -0.4 is 4.72 Å². The van der Waals surface area contributed by atoms with Crippen LogP contribution in [0.5, 0.6) is 0 Å². The van der Waals surface area contributed by atoms with E-state index in [0.29, 0.717) is 15.6 Å². The van der Waals surface area contributed by atoms with Crippen LogP contribution in [0.15, 0.2) is 41.8 Å². The van der Waals surface area contributed by atoms with E-state index < -0.39 is 15.9 Å². The van der Waals surface area contributed by atoms with Crippen LogP contribution in [0.25, 0.3) is 6.08 Å². The Morgan fingerprint density at radius 1 is 0.917 bits per heavy atom. The van der Waals surface area contributed by atoms with Crippen molar-refractivity contribution in [2.24, 2.45) is 0 Å². The molecule has 0 radical (unpaired) electrons. The van der Waals surface area contributed by atoms with E-state index in [0.717, 1.165) is 5.41 Å². The van der Waals surface area contributed by atoms with Gasteiger partial charge in [0, 0.05) is 5.02 Å². The van der Waals surface area contributed by atoms with Gasteiger partial charge in [0.2, 0.25) is 0 Å². The summed E-state index contributed by atoms with van der Waals surface area (Å²) < 4.78 is 25.8. The number of carbonyl (C=O) groups is 1. The molecule has 2 aromatic carbocycles. The van der Waals surface area contributed by atoms with Gasteiger partial charge in [-0.25, -0.2) is 13.1 Å². The minimum Gasteiger partial charge on any atom is -0.268 e. The average Bonchev–Trinajstić information content (AvgIpc) is 2.48. The van der Waals surface area contributed by atoms with Crippen molar-refractivity contribution in [2.45, 2.75) is 0 Å². The summed E-state index contributed by atoms with van der Waals surface area (Å²) in [6.07, 6.45) is 1.28. The van der Waals surface area contributed by atoms with E-state index in [4.69, 9.17) is 46.4 Å². The van der Waals surface area contributed by atoms with Crippen molar-refractivity contribution in [1.29, 1.82) is 0 Å². The summed E-state index contributed by atoms with van der Waals surface area (Å²) in [5.74, 6) is -0.865. The molecule has 24 heavy (non-hydrogen) atoms. The predicted octanol–water partition coefficient (Wildman–Crippen LogP) is 5.03. The molecule has 0 bridgehead atoms. The van der Waals surface area contributed by atoms with Crippen molar-refractivity contribution in [3.8, 4) is 0 Å². The Bertz CT molecular complexity index is 926. The number of hydrogen-bond donors (Lipinski definition) is 1. The number of benzene rings is 2. The van der Waals surface area contributed by atoms with Crippen LogP contribution in [0.1, 0.15) is 15.9 Å². The lowest BCUT2D eigenvalue weighted by Crippen LogP contribution is -2.29. The molecular weight excluding hydrogens is 416 g/mol. The molecule has 0 heterocycles. The van der Waals surface area contributed by atoms with E-state index in [1.807, 2.05) is 4.72 Å². The number of halogens is 4. The van der Waals surface area contributed by atoms with Gasteiger partial charge < -0.3 is 0 Å². The number of hydrogen-bond acceptors (Lipinski definition) is 3. The van der Waals surface area contributed by atoms with Crippen LogP contribution in [0.2, 0.25) is 20.1 Å². The van der Waals surface area contributed by atoms with Gasteiger partial charge in [0.05, 0.1) is 26.0 Å². The third-order valence-electron chi connectivity index (χ3n) is 2.79. The van der Waals surface area contributed by atoms with Crippen molar-refractivity contribution in [2.75, 3.05) is 0 Å². The topological polar surface area (TPSA) is 63.2 Å². The molecule has 0 fully saturated rings. The Morgan fingerprint density at radius 3 is 2.25 bits per heavy atom. The van der Waals surface area contributed by atoms with Crippen molar-refractivity contribution in [3.05, 3.63) is 73.0 Å². The third-order valence-corrected chi connectivity index (χ3v) is 5.05. The molecule has 2 rings (SSSR count). The highest BCUT2D eigenvalue weighted by atomic mass is 35.5. The Morgan fingerprint density at radius 2 is 1.62 bits per heavy atom. The molecule has 0 saturated heterocycles. The molecule has 1 amide bonds. The first-order valence-corrected chi connectivity index (χ1v) is 9.39. The lowest BCUT2D eigenvalue weighted by Gasteiger charge is -2.05. The molecule has 9 heteroatoms. The second-order valence-electron chi connectivity index (χ2n) is 4.58. The standard InChI is InChI=1S/C15H9Cl4NO3S/c16-10-2-3-11(13(18)8-10)15(21)20-24(22,23)6-5-9-1-4-12(17)14(19)7-9/h1-8H,(H,20,21)/b6-5+. The summed E-state index contributed by atoms with van der Waals surface area (Å²) in [6, 6.07) is 8.71. The van der Waals surface area contributed by atoms with E-state index >= 15 is 0 Å². The number of rotatable bonds is 4. The van der Waals surface area contributed by atoms with Gasteiger partial charge in [-0.05, 0) is 42.0 Å². The zero-order chi connectivity index (χ0) is 17.9.